The van der Waals surface area contributed by atoms with Gasteiger partial charge in [0.05, 0.1) is 17.6 Å². The van der Waals surface area contributed by atoms with Crippen LogP contribution in [-0.2, 0) is 6.54 Å². The Hall–Kier alpha value is -2.33. The summed E-state index contributed by atoms with van der Waals surface area (Å²) in [5.74, 6) is 1.24. The molecule has 4 nitrogen and oxygen atoms in total. The summed E-state index contributed by atoms with van der Waals surface area (Å²) in [6.07, 6.45) is 1.57. The number of benzene rings is 2. The molecule has 0 saturated heterocycles. The topological polar surface area (TPSA) is 44.1 Å². The van der Waals surface area contributed by atoms with Gasteiger partial charge in [-0.3, -0.25) is 4.79 Å². The van der Waals surface area contributed by atoms with Crippen LogP contribution in [-0.4, -0.2) is 22.4 Å². The molecule has 2 aromatic carbocycles. The lowest BCUT2D eigenvalue weighted by atomic mass is 10.3. The van der Waals surface area contributed by atoms with Crippen LogP contribution >= 0.6 is 11.6 Å². The summed E-state index contributed by atoms with van der Waals surface area (Å²) in [5.41, 5.74) is 1.80. The predicted molar refractivity (Wildman–Crippen MR) is 86.7 cm³/mol. The molecule has 0 fully saturated rings. The number of ether oxygens (including phenoxy) is 1. The molecule has 3 rings (SSSR count). The normalized spacial score (nSPS) is 10.8. The number of carbonyl (C=O) groups is 1. The lowest BCUT2D eigenvalue weighted by Gasteiger charge is -2.08. The molecular formula is C17H15ClN2O2. The van der Waals surface area contributed by atoms with E-state index in [4.69, 9.17) is 16.3 Å². The van der Waals surface area contributed by atoms with Crippen molar-refractivity contribution in [1.82, 2.24) is 9.55 Å². The van der Waals surface area contributed by atoms with Crippen molar-refractivity contribution >= 4 is 28.9 Å². The molecule has 5 heteroatoms. The molecule has 0 spiro atoms. The molecule has 0 unspecified atom stereocenters. The summed E-state index contributed by atoms with van der Waals surface area (Å²) in [5, 5.41) is 0.688. The second-order valence-corrected chi connectivity index (χ2v) is 5.32. The van der Waals surface area contributed by atoms with Gasteiger partial charge in [0.15, 0.2) is 12.1 Å². The Labute approximate surface area is 133 Å². The molecule has 0 aliphatic rings. The smallest absolute Gasteiger partial charge is 0.185 e. The number of aromatic nitrogens is 2. The van der Waals surface area contributed by atoms with Gasteiger partial charge in [0.25, 0.3) is 0 Å². The van der Waals surface area contributed by atoms with Crippen LogP contribution in [0.2, 0.25) is 5.02 Å². The maximum absolute atomic E-state index is 11.2. The van der Waals surface area contributed by atoms with Gasteiger partial charge in [0, 0.05) is 11.6 Å². The molecule has 0 N–H and O–H groups in total. The maximum Gasteiger partial charge on any atom is 0.185 e. The highest BCUT2D eigenvalue weighted by molar-refractivity contribution is 6.30. The van der Waals surface area contributed by atoms with Crippen LogP contribution in [0.25, 0.3) is 11.0 Å². The second kappa shape index (κ2) is 6.62. The SMILES string of the molecule is O=Cc1nc2ccccc2n1CCCOc1ccc(Cl)cc1. The lowest BCUT2D eigenvalue weighted by molar-refractivity contribution is 0.111. The summed E-state index contributed by atoms with van der Waals surface area (Å²) in [4.78, 5) is 15.5. The Balaban J connectivity index is 1.64. The second-order valence-electron chi connectivity index (χ2n) is 4.88. The zero-order chi connectivity index (χ0) is 15.4. The van der Waals surface area contributed by atoms with E-state index in [1.807, 2.05) is 41.0 Å². The molecule has 3 aromatic rings. The van der Waals surface area contributed by atoms with E-state index in [1.54, 1.807) is 12.1 Å². The van der Waals surface area contributed by atoms with E-state index in [1.165, 1.54) is 0 Å². The Morgan fingerprint density at radius 1 is 1.14 bits per heavy atom. The molecule has 1 heterocycles. The molecular weight excluding hydrogens is 300 g/mol. The zero-order valence-electron chi connectivity index (χ0n) is 11.9. The van der Waals surface area contributed by atoms with Gasteiger partial charge in [-0.15, -0.1) is 0 Å². The number of imidazole rings is 1. The van der Waals surface area contributed by atoms with Gasteiger partial charge in [-0.2, -0.15) is 0 Å². The highest BCUT2D eigenvalue weighted by Crippen LogP contribution is 2.17. The van der Waals surface area contributed by atoms with E-state index in [9.17, 15) is 4.79 Å². The summed E-state index contributed by atoms with van der Waals surface area (Å²) in [6.45, 7) is 1.24. The lowest BCUT2D eigenvalue weighted by Crippen LogP contribution is -2.07. The van der Waals surface area contributed by atoms with E-state index >= 15 is 0 Å². The average molecular weight is 315 g/mol. The van der Waals surface area contributed by atoms with Crippen molar-refractivity contribution < 1.29 is 9.53 Å². The van der Waals surface area contributed by atoms with E-state index in [-0.39, 0.29) is 0 Å². The van der Waals surface area contributed by atoms with Crippen molar-refractivity contribution in [2.45, 2.75) is 13.0 Å². The fourth-order valence-electron chi connectivity index (χ4n) is 2.36. The fourth-order valence-corrected chi connectivity index (χ4v) is 2.49. The molecule has 0 bridgehead atoms. The Morgan fingerprint density at radius 3 is 2.68 bits per heavy atom. The summed E-state index contributed by atoms with van der Waals surface area (Å²) < 4.78 is 7.59. The van der Waals surface area contributed by atoms with Crippen molar-refractivity contribution in [3.05, 3.63) is 59.4 Å². The zero-order valence-corrected chi connectivity index (χ0v) is 12.7. The van der Waals surface area contributed by atoms with Crippen LogP contribution in [0.3, 0.4) is 0 Å². The van der Waals surface area contributed by atoms with Gasteiger partial charge < -0.3 is 9.30 Å². The van der Waals surface area contributed by atoms with Crippen molar-refractivity contribution in [1.29, 1.82) is 0 Å². The first-order valence-electron chi connectivity index (χ1n) is 7.07. The molecule has 0 radical (unpaired) electrons. The fraction of sp³-hybridized carbons (Fsp3) is 0.176. The molecule has 0 saturated carbocycles. The molecule has 22 heavy (non-hydrogen) atoms. The minimum absolute atomic E-state index is 0.452. The number of fused-ring (bicyclic) bond motifs is 1. The molecule has 1 aromatic heterocycles. The maximum atomic E-state index is 11.2. The average Bonchev–Trinajstić information content (AvgIpc) is 2.91. The largest absolute Gasteiger partial charge is 0.494 e. The first-order valence-corrected chi connectivity index (χ1v) is 7.44. The van der Waals surface area contributed by atoms with E-state index < -0.39 is 0 Å². The van der Waals surface area contributed by atoms with E-state index in [0.717, 1.165) is 29.5 Å². The molecule has 0 aliphatic carbocycles. The minimum atomic E-state index is 0.452. The van der Waals surface area contributed by atoms with Crippen LogP contribution in [0, 0.1) is 0 Å². The number of aldehydes is 1. The van der Waals surface area contributed by atoms with Crippen molar-refractivity contribution in [2.75, 3.05) is 6.61 Å². The summed E-state index contributed by atoms with van der Waals surface area (Å²) in [7, 11) is 0. The Morgan fingerprint density at radius 2 is 1.91 bits per heavy atom. The number of para-hydroxylation sites is 2. The number of hydrogen-bond acceptors (Lipinski definition) is 3. The number of rotatable bonds is 6. The number of nitrogens with zero attached hydrogens (tertiary/aromatic N) is 2. The van der Waals surface area contributed by atoms with Crippen LogP contribution in [0.15, 0.2) is 48.5 Å². The number of hydrogen-bond donors (Lipinski definition) is 0. The van der Waals surface area contributed by atoms with E-state index in [0.29, 0.717) is 24.0 Å². The third kappa shape index (κ3) is 3.12. The van der Waals surface area contributed by atoms with Gasteiger partial charge in [-0.25, -0.2) is 4.98 Å². The van der Waals surface area contributed by atoms with Gasteiger partial charge in [-0.05, 0) is 42.8 Å². The third-order valence-electron chi connectivity index (χ3n) is 3.40. The van der Waals surface area contributed by atoms with Gasteiger partial charge in [-0.1, -0.05) is 23.7 Å². The first kappa shape index (κ1) is 14.6. The van der Waals surface area contributed by atoms with Crippen LogP contribution < -0.4 is 4.74 Å². The van der Waals surface area contributed by atoms with Crippen LogP contribution in [0.5, 0.6) is 5.75 Å². The monoisotopic (exact) mass is 314 g/mol. The highest BCUT2D eigenvalue weighted by atomic mass is 35.5. The molecule has 0 atom stereocenters. The molecule has 0 aliphatic heterocycles. The quantitative estimate of drug-likeness (QED) is 0.511. The number of carbonyl (C=O) groups excluding carboxylic acids is 1. The van der Waals surface area contributed by atoms with Gasteiger partial charge in [0.2, 0.25) is 0 Å². The standard InChI is InChI=1S/C17H15ClN2O2/c18-13-6-8-14(9-7-13)22-11-3-10-20-16-5-2-1-4-15(16)19-17(20)12-21/h1-2,4-9,12H,3,10-11H2. The van der Waals surface area contributed by atoms with Crippen molar-refractivity contribution in [3.8, 4) is 5.75 Å². The van der Waals surface area contributed by atoms with Crippen molar-refractivity contribution in [3.63, 3.8) is 0 Å². The minimum Gasteiger partial charge on any atom is -0.494 e. The first-order chi connectivity index (χ1) is 10.8. The van der Waals surface area contributed by atoms with Gasteiger partial charge >= 0.3 is 0 Å². The van der Waals surface area contributed by atoms with Crippen LogP contribution in [0.1, 0.15) is 17.0 Å². The van der Waals surface area contributed by atoms with E-state index in [2.05, 4.69) is 4.98 Å². The summed E-state index contributed by atoms with van der Waals surface area (Å²) >= 11 is 5.83. The Bertz CT molecular complexity index is 781. The number of halogens is 1. The summed E-state index contributed by atoms with van der Waals surface area (Å²) in [6, 6.07) is 15.0. The molecule has 112 valence electrons. The number of aryl methyl sites for hydroxylation is 1. The highest BCUT2D eigenvalue weighted by Gasteiger charge is 2.08. The van der Waals surface area contributed by atoms with Crippen LogP contribution in [0.4, 0.5) is 0 Å². The third-order valence-corrected chi connectivity index (χ3v) is 3.65. The van der Waals surface area contributed by atoms with Crippen molar-refractivity contribution in [2.24, 2.45) is 0 Å². The predicted octanol–water partition coefficient (Wildman–Crippen LogP) is 3.97. The Kier molecular flexibility index (Phi) is 4.39. The molecule has 0 amide bonds. The van der Waals surface area contributed by atoms with Gasteiger partial charge in [0.1, 0.15) is 5.75 Å².